The Morgan fingerprint density at radius 2 is 1.69 bits per heavy atom. The van der Waals surface area contributed by atoms with Crippen LogP contribution in [0, 0.1) is 46.3 Å². The van der Waals surface area contributed by atoms with E-state index in [1.54, 1.807) is 0 Å². The zero-order valence-electron chi connectivity index (χ0n) is 18.2. The maximum Gasteiger partial charge on any atom is 0.303 e. The highest BCUT2D eigenvalue weighted by Crippen LogP contribution is 2.68. The van der Waals surface area contributed by atoms with Crippen molar-refractivity contribution in [2.24, 2.45) is 46.3 Å². The number of fused-ring (bicyclic) bond motifs is 5. The molecule has 0 aliphatic heterocycles. The van der Waals surface area contributed by atoms with Crippen LogP contribution in [-0.4, -0.2) is 39.7 Å². The second kappa shape index (κ2) is 7.47. The van der Waals surface area contributed by atoms with Crippen LogP contribution in [0.3, 0.4) is 0 Å². The molecule has 4 aliphatic carbocycles. The molecule has 0 aromatic rings. The van der Waals surface area contributed by atoms with Gasteiger partial charge in [0.2, 0.25) is 0 Å². The lowest BCUT2D eigenvalue weighted by Crippen LogP contribution is -2.63. The van der Waals surface area contributed by atoms with Gasteiger partial charge in [0.25, 0.3) is 0 Å². The van der Waals surface area contributed by atoms with Gasteiger partial charge in [-0.05, 0) is 91.8 Å². The average molecular weight is 411 g/mol. The summed E-state index contributed by atoms with van der Waals surface area (Å²) < 4.78 is 15.5. The van der Waals surface area contributed by atoms with Gasteiger partial charge in [-0.15, -0.1) is 0 Å². The van der Waals surface area contributed by atoms with Gasteiger partial charge < -0.3 is 15.3 Å². The fourth-order valence-corrected chi connectivity index (χ4v) is 8.72. The largest absolute Gasteiger partial charge is 0.481 e. The van der Waals surface area contributed by atoms with E-state index in [1.165, 1.54) is 0 Å². The number of aliphatic hydroxyl groups is 2. The SMILES string of the molecule is C[C@H](CCC(=O)O)[C@H]1CC[C@H]2[C@@H]3[C@@H](O)[C@H](F)[C@@H]4C[C@H](O)CC[C@]4(C)[C@H]3CC[C@]12C. The summed E-state index contributed by atoms with van der Waals surface area (Å²) in [6, 6.07) is 0. The van der Waals surface area contributed by atoms with E-state index in [-0.39, 0.29) is 29.1 Å². The number of aliphatic carboxylic acids is 1. The second-order valence-electron chi connectivity index (χ2n) is 11.4. The highest BCUT2D eigenvalue weighted by molar-refractivity contribution is 5.66. The number of carboxylic acids is 1. The second-order valence-corrected chi connectivity index (χ2v) is 11.4. The van der Waals surface area contributed by atoms with E-state index in [2.05, 4.69) is 20.8 Å². The quantitative estimate of drug-likeness (QED) is 0.641. The van der Waals surface area contributed by atoms with Crippen LogP contribution in [0.5, 0.6) is 0 Å². The van der Waals surface area contributed by atoms with Crippen LogP contribution in [-0.2, 0) is 4.79 Å². The molecule has 4 fully saturated rings. The Bertz CT molecular complexity index is 640. The number of carboxylic acid groups (broad SMARTS) is 1. The van der Waals surface area contributed by atoms with E-state index in [0.717, 1.165) is 38.5 Å². The number of hydrogen-bond acceptors (Lipinski definition) is 3. The summed E-state index contributed by atoms with van der Waals surface area (Å²) in [6.45, 7) is 6.74. The molecule has 4 aliphatic rings. The lowest BCUT2D eigenvalue weighted by Gasteiger charge is -2.63. The van der Waals surface area contributed by atoms with Gasteiger partial charge in [0, 0.05) is 12.3 Å². The molecule has 0 aromatic carbocycles. The van der Waals surface area contributed by atoms with Crippen molar-refractivity contribution in [1.82, 2.24) is 0 Å². The van der Waals surface area contributed by atoms with Crippen molar-refractivity contribution >= 4 is 5.97 Å². The Balaban J connectivity index is 1.59. The minimum Gasteiger partial charge on any atom is -0.481 e. The van der Waals surface area contributed by atoms with Gasteiger partial charge >= 0.3 is 5.97 Å². The van der Waals surface area contributed by atoms with Gasteiger partial charge in [-0.2, -0.15) is 0 Å². The summed E-state index contributed by atoms with van der Waals surface area (Å²) in [5.74, 6) is 0.464. The predicted octanol–water partition coefficient (Wildman–Crippen LogP) is 4.43. The van der Waals surface area contributed by atoms with Crippen molar-refractivity contribution in [1.29, 1.82) is 0 Å². The minimum absolute atomic E-state index is 0.00285. The molecule has 0 amide bonds. The number of aliphatic hydroxyl groups excluding tert-OH is 2. The van der Waals surface area contributed by atoms with Crippen LogP contribution in [0.1, 0.15) is 78.6 Å². The molecule has 3 N–H and O–H groups in total. The zero-order valence-corrected chi connectivity index (χ0v) is 18.2. The van der Waals surface area contributed by atoms with Gasteiger partial charge in [-0.25, -0.2) is 4.39 Å². The number of rotatable bonds is 4. The van der Waals surface area contributed by atoms with E-state index in [0.29, 0.717) is 36.5 Å². The van der Waals surface area contributed by atoms with Crippen LogP contribution in [0.25, 0.3) is 0 Å². The van der Waals surface area contributed by atoms with E-state index in [4.69, 9.17) is 5.11 Å². The zero-order chi connectivity index (χ0) is 21.1. The van der Waals surface area contributed by atoms with Crippen molar-refractivity contribution < 1.29 is 24.5 Å². The van der Waals surface area contributed by atoms with E-state index in [1.807, 2.05) is 0 Å². The third-order valence-corrected chi connectivity index (χ3v) is 10.2. The van der Waals surface area contributed by atoms with Gasteiger partial charge in [-0.1, -0.05) is 20.8 Å². The Kier molecular flexibility index (Phi) is 5.55. The first-order valence-electron chi connectivity index (χ1n) is 11.8. The fourth-order valence-electron chi connectivity index (χ4n) is 8.72. The minimum atomic E-state index is -1.25. The Morgan fingerprint density at radius 3 is 2.38 bits per heavy atom. The van der Waals surface area contributed by atoms with E-state index >= 15 is 4.39 Å². The van der Waals surface area contributed by atoms with Gasteiger partial charge in [0.05, 0.1) is 12.2 Å². The van der Waals surface area contributed by atoms with Crippen molar-refractivity contribution in [3.8, 4) is 0 Å². The number of halogens is 1. The summed E-state index contributed by atoms with van der Waals surface area (Å²) in [5, 5.41) is 30.4. The van der Waals surface area contributed by atoms with E-state index < -0.39 is 24.3 Å². The maximum atomic E-state index is 15.5. The van der Waals surface area contributed by atoms with Crippen molar-refractivity contribution in [2.75, 3.05) is 0 Å². The summed E-state index contributed by atoms with van der Waals surface area (Å²) in [6.07, 6.45) is 4.57. The van der Waals surface area contributed by atoms with Gasteiger partial charge in [0.1, 0.15) is 6.17 Å². The molecule has 166 valence electrons. The molecule has 0 aromatic heterocycles. The van der Waals surface area contributed by atoms with E-state index in [9.17, 15) is 15.0 Å². The first kappa shape index (κ1) is 21.5. The average Bonchev–Trinajstić information content (AvgIpc) is 3.02. The van der Waals surface area contributed by atoms with Gasteiger partial charge in [0.15, 0.2) is 0 Å². The molecular weight excluding hydrogens is 371 g/mol. The third-order valence-electron chi connectivity index (χ3n) is 10.2. The molecule has 0 saturated heterocycles. The molecule has 4 nitrogen and oxygen atoms in total. The first-order valence-corrected chi connectivity index (χ1v) is 11.8. The Hall–Kier alpha value is -0.680. The van der Waals surface area contributed by atoms with Crippen molar-refractivity contribution in [3.63, 3.8) is 0 Å². The van der Waals surface area contributed by atoms with Crippen LogP contribution < -0.4 is 0 Å². The topological polar surface area (TPSA) is 77.8 Å². The Labute approximate surface area is 174 Å². The Morgan fingerprint density at radius 1 is 1.03 bits per heavy atom. The molecule has 4 saturated carbocycles. The molecule has 0 spiro atoms. The smallest absolute Gasteiger partial charge is 0.303 e. The van der Waals surface area contributed by atoms with Crippen LogP contribution in [0.4, 0.5) is 4.39 Å². The molecule has 0 unspecified atom stereocenters. The highest BCUT2D eigenvalue weighted by Gasteiger charge is 2.65. The van der Waals surface area contributed by atoms with Crippen LogP contribution >= 0.6 is 0 Å². The normalized spacial score (nSPS) is 52.9. The number of carbonyl (C=O) groups is 1. The maximum absolute atomic E-state index is 15.5. The predicted molar refractivity (Wildman–Crippen MR) is 109 cm³/mol. The lowest BCUT2D eigenvalue weighted by molar-refractivity contribution is -0.206. The molecule has 29 heavy (non-hydrogen) atoms. The van der Waals surface area contributed by atoms with Crippen molar-refractivity contribution in [3.05, 3.63) is 0 Å². The molecular formula is C24H39FO4. The fraction of sp³-hybridized carbons (Fsp3) is 0.958. The summed E-state index contributed by atoms with van der Waals surface area (Å²) in [4.78, 5) is 11.0. The summed E-state index contributed by atoms with van der Waals surface area (Å²) >= 11 is 0. The van der Waals surface area contributed by atoms with Crippen LogP contribution in [0.2, 0.25) is 0 Å². The highest BCUT2D eigenvalue weighted by atomic mass is 19.1. The summed E-state index contributed by atoms with van der Waals surface area (Å²) in [7, 11) is 0. The monoisotopic (exact) mass is 410 g/mol. The van der Waals surface area contributed by atoms with Crippen LogP contribution in [0.15, 0.2) is 0 Å². The van der Waals surface area contributed by atoms with Gasteiger partial charge in [-0.3, -0.25) is 4.79 Å². The molecule has 0 radical (unpaired) electrons. The first-order chi connectivity index (χ1) is 13.6. The molecule has 4 rings (SSSR count). The molecule has 11 atom stereocenters. The standard InChI is InChI=1S/C24H39FO4/c1-13(4-7-19(27)28)15-5-6-16-20-17(9-11-23(15,16)2)24(3)10-8-14(26)12-18(24)21(25)22(20)29/h13-18,20-22,26,29H,4-12H2,1-3H3,(H,27,28)/t13-,14-,15-,16+,17+,18+,20+,21-,22-,23-,24-/m1/s1. The third kappa shape index (κ3) is 3.26. The molecule has 0 heterocycles. The molecule has 5 heteroatoms. The summed E-state index contributed by atoms with van der Waals surface area (Å²) in [5.41, 5.74) is -0.0615. The lowest BCUT2D eigenvalue weighted by atomic mass is 9.43. The number of hydrogen-bond donors (Lipinski definition) is 3. The van der Waals surface area contributed by atoms with Crippen molar-refractivity contribution in [2.45, 2.75) is 96.9 Å². The molecule has 0 bridgehead atoms. The number of alkyl halides is 1.